The number of aliphatic hydroxyl groups is 3. The van der Waals surface area contributed by atoms with E-state index in [1.54, 1.807) is 13.2 Å². The van der Waals surface area contributed by atoms with Gasteiger partial charge in [-0.15, -0.1) is 0 Å². The number of phenolic OH excluding ortho intramolecular Hbond substituents is 4. The Morgan fingerprint density at radius 2 is 0.980 bits per heavy atom. The van der Waals surface area contributed by atoms with Gasteiger partial charge in [-0.3, -0.25) is 38.6 Å². The topological polar surface area (TPSA) is 386 Å². The lowest BCUT2D eigenvalue weighted by atomic mass is 9.71. The third kappa shape index (κ3) is 13.2. The number of carbonyl (C=O) groups is 6. The Morgan fingerprint density at radius 1 is 0.584 bits per heavy atom. The van der Waals surface area contributed by atoms with Crippen LogP contribution in [0.1, 0.15) is 192 Å². The minimum Gasteiger partial charge on any atom is -0.507 e. The van der Waals surface area contributed by atoms with Gasteiger partial charge in [0.05, 0.1) is 97.5 Å². The zero-order valence-corrected chi connectivity index (χ0v) is 58.6. The van der Waals surface area contributed by atoms with Crippen LogP contribution in [0.4, 0.5) is 0 Å². The fourth-order valence-corrected chi connectivity index (χ4v) is 15.6. The molecule has 548 valence electrons. The van der Waals surface area contributed by atoms with Crippen LogP contribution in [0.5, 0.6) is 34.5 Å². The summed E-state index contributed by atoms with van der Waals surface area (Å²) >= 11 is 0. The first-order chi connectivity index (χ1) is 48.2. The van der Waals surface area contributed by atoms with Crippen LogP contribution in [-0.2, 0) is 69.8 Å². The predicted molar refractivity (Wildman–Crippen MR) is 354 cm³/mol. The molecule has 0 aromatic heterocycles. The fraction of sp³-hybridized carbons (Fsp3) is 0.569. The molecule has 6 aliphatic heterocycles. The van der Waals surface area contributed by atoms with Crippen molar-refractivity contribution in [1.29, 1.82) is 0 Å². The van der Waals surface area contributed by atoms with E-state index in [-0.39, 0.29) is 104 Å². The third-order valence-electron chi connectivity index (χ3n) is 20.1. The molecule has 8 N–H and O–H groups in total. The lowest BCUT2D eigenvalue weighted by Crippen LogP contribution is -2.55. The average Bonchev–Trinajstić information content (AvgIpc) is 1.52. The summed E-state index contributed by atoms with van der Waals surface area (Å²) in [5.74, 6) is -6.20. The van der Waals surface area contributed by atoms with Crippen molar-refractivity contribution in [2.24, 2.45) is 5.10 Å². The monoisotopic (exact) mass is 1410 g/mol. The van der Waals surface area contributed by atoms with Crippen LogP contribution in [0.3, 0.4) is 0 Å². The molecular formula is C72H90N4O25. The minimum absolute atomic E-state index is 0.00185. The van der Waals surface area contributed by atoms with E-state index in [9.17, 15) is 64.5 Å². The maximum absolute atomic E-state index is 14.0. The molecule has 0 spiro atoms. The van der Waals surface area contributed by atoms with Crippen LogP contribution in [0.2, 0.25) is 0 Å². The average molecular weight is 1410 g/mol. The number of benzene rings is 4. The number of rotatable bonds is 12. The first kappa shape index (κ1) is 74.7. The Labute approximate surface area is 583 Å². The van der Waals surface area contributed by atoms with E-state index in [0.717, 1.165) is 0 Å². The lowest BCUT2D eigenvalue weighted by Gasteiger charge is -2.44. The van der Waals surface area contributed by atoms with Gasteiger partial charge in [0, 0.05) is 118 Å². The van der Waals surface area contributed by atoms with Crippen molar-refractivity contribution < 1.29 is 121 Å². The molecule has 0 radical (unpaired) electrons. The molecule has 4 aliphatic carbocycles. The van der Waals surface area contributed by atoms with E-state index in [2.05, 4.69) is 48.0 Å². The van der Waals surface area contributed by atoms with Gasteiger partial charge in [-0.1, -0.05) is 64.8 Å². The van der Waals surface area contributed by atoms with Gasteiger partial charge < -0.3 is 92.6 Å². The third-order valence-corrected chi connectivity index (χ3v) is 20.1. The van der Waals surface area contributed by atoms with E-state index >= 15 is 0 Å². The zero-order chi connectivity index (χ0) is 73.0. The van der Waals surface area contributed by atoms with Gasteiger partial charge in [-0.2, -0.15) is 5.10 Å². The maximum atomic E-state index is 14.0. The van der Waals surface area contributed by atoms with Gasteiger partial charge >= 0.3 is 0 Å². The number of hydrogen-bond acceptors (Lipinski definition) is 28. The number of ether oxygens (including phenoxy) is 12. The van der Waals surface area contributed by atoms with Gasteiger partial charge in [0.2, 0.25) is 17.5 Å². The molecule has 0 bridgehead atoms. The fourth-order valence-electron chi connectivity index (χ4n) is 15.6. The van der Waals surface area contributed by atoms with Gasteiger partial charge in [-0.25, -0.2) is 5.43 Å². The van der Waals surface area contributed by atoms with Crippen molar-refractivity contribution in [3.05, 3.63) is 103 Å². The van der Waals surface area contributed by atoms with E-state index in [4.69, 9.17) is 56.8 Å². The number of ketones is 5. The van der Waals surface area contributed by atoms with Gasteiger partial charge in [-0.05, 0) is 32.9 Å². The Kier molecular flexibility index (Phi) is 22.3. The van der Waals surface area contributed by atoms with Crippen LogP contribution in [0, 0.1) is 0 Å². The van der Waals surface area contributed by atoms with E-state index in [1.165, 1.54) is 78.4 Å². The van der Waals surface area contributed by atoms with E-state index < -0.39 is 167 Å². The predicted octanol–water partition coefficient (Wildman–Crippen LogP) is 5.21. The second kappa shape index (κ2) is 30.1. The Bertz CT molecular complexity index is 3920. The molecule has 101 heavy (non-hydrogen) atoms. The highest BCUT2D eigenvalue weighted by Gasteiger charge is 2.58. The highest BCUT2D eigenvalue weighted by atomic mass is 16.7. The summed E-state index contributed by atoms with van der Waals surface area (Å²) in [6.07, 6.45) is -6.29. The molecule has 6 fully saturated rings. The summed E-state index contributed by atoms with van der Waals surface area (Å²) in [4.78, 5) is 84.2. The molecule has 14 rings (SSSR count). The summed E-state index contributed by atoms with van der Waals surface area (Å²) in [6.45, 7) is 15.8. The molecule has 4 aromatic carbocycles. The SMILES string of the molecule is CCC.CCC.COc1cccc2c1C(=O)c1c(O)c3c(c(O)c1C2=O)C[C@@](O)(/C(CO)=N/NC(C)=O)C[C@@H]3O[C@H]1C[C@H]2[C@H](O[C@@H]3[C@@H](OC)OCCN32)[C@H](C)O1.COc1cccc2c1C(=O)c1c(O)c3c(c(O)c1C2=O)C[C@@](O)(C(C)=O)C[C@@H]3O[C@H]1C[C@H]2[C@H](O[C@@H]3[C@@H](OC)OCCN32)[C@H](C)O1. The number of methoxy groups -OCH3 is 4. The first-order valence-corrected chi connectivity index (χ1v) is 34.1. The smallest absolute Gasteiger partial charge is 0.236 e. The van der Waals surface area contributed by atoms with Gasteiger partial charge in [0.15, 0.2) is 55.0 Å². The Morgan fingerprint density at radius 3 is 1.36 bits per heavy atom. The second-order valence-corrected chi connectivity index (χ2v) is 26.7. The number of hydrazone groups is 1. The number of nitrogens with one attached hydrogen (secondary N) is 1. The molecule has 29 heteroatoms. The standard InChI is InChI=1S/C34H39N3O13.C32H35NO12.2C3H8/c1-14-31-18(37-8-9-47-33(46-4)32(37)50-31)10-22(48-14)49-20-12-34(44,21(13-38)36-35-15(2)39)11-17-24(20)30(43)26-25(28(17)41)27(40)16-6-5-7-19(45-3)23(16)29(26)42;1-13-29-17(33-8-9-42-31(41-4)30(33)45-29)10-20(43-13)44-19-12-32(39,14(2)34)11-16-22(19)28(38)24-23(26(16)36)25(35)15-6-5-7-18(40-3)21(15)27(24)37;2*1-3-2/h5-7,14,18,20,22,31-33,38,41,43-44H,8-13H2,1-4H3,(H,35,39);5-7,13,17,19-20,29-31,36,38-39H,8-12H2,1-4H3;2*3H2,1-2H3/b36-21+;;;/t14-,18-,20-,22-,31+,32+,33-,34-;13-,17-,19-,20-,29+,30+,31-,32-;;/m00../s1. The molecule has 6 saturated heterocycles. The molecule has 10 aliphatic rings. The highest BCUT2D eigenvalue weighted by molar-refractivity contribution is 6.32. The number of morpholine rings is 2. The summed E-state index contributed by atoms with van der Waals surface area (Å²) in [6, 6.07) is 8.64. The zero-order valence-electron chi connectivity index (χ0n) is 58.6. The van der Waals surface area contributed by atoms with Crippen molar-refractivity contribution in [3.8, 4) is 34.5 Å². The van der Waals surface area contributed by atoms with Crippen LogP contribution < -0.4 is 14.9 Å². The second-order valence-electron chi connectivity index (χ2n) is 26.7. The van der Waals surface area contributed by atoms with E-state index in [1.807, 2.05) is 13.8 Å². The molecule has 4 aromatic rings. The van der Waals surface area contributed by atoms with E-state index in [0.29, 0.717) is 39.1 Å². The quantitative estimate of drug-likeness (QED) is 0.0443. The van der Waals surface area contributed by atoms with Crippen molar-refractivity contribution in [2.75, 3.05) is 61.3 Å². The van der Waals surface area contributed by atoms with Crippen molar-refractivity contribution >= 4 is 40.5 Å². The summed E-state index contributed by atoms with van der Waals surface area (Å²) < 4.78 is 71.1. The Balaban J connectivity index is 0.000000190. The van der Waals surface area contributed by atoms with Crippen molar-refractivity contribution in [2.45, 2.75) is 204 Å². The number of Topliss-reactive ketones (excluding diaryl/α,β-unsaturated/α-hetero) is 1. The molecule has 6 heterocycles. The maximum Gasteiger partial charge on any atom is 0.236 e. The largest absolute Gasteiger partial charge is 0.507 e. The van der Waals surface area contributed by atoms with Gasteiger partial charge in [0.1, 0.15) is 57.9 Å². The number of amides is 1. The molecule has 29 nitrogen and oxygen atoms in total. The normalized spacial score (nSPS) is 31.3. The number of carbonyl (C=O) groups excluding carboxylic acids is 6. The number of nitrogens with zero attached hydrogens (tertiary/aromatic N) is 3. The van der Waals surface area contributed by atoms with Crippen LogP contribution in [-0.4, -0.2) is 233 Å². The highest BCUT2D eigenvalue weighted by Crippen LogP contribution is 2.56. The molecule has 0 saturated carbocycles. The number of fused-ring (bicyclic) bond motifs is 12. The first-order valence-electron chi connectivity index (χ1n) is 34.1. The molecular weight excluding hydrogens is 1320 g/mol. The summed E-state index contributed by atoms with van der Waals surface area (Å²) in [5.41, 5.74) is -4.05. The van der Waals surface area contributed by atoms with Crippen molar-refractivity contribution in [3.63, 3.8) is 0 Å². The van der Waals surface area contributed by atoms with Crippen molar-refractivity contribution in [1.82, 2.24) is 15.2 Å². The number of phenols is 4. The molecule has 1 amide bonds. The van der Waals surface area contributed by atoms with Crippen LogP contribution in [0.15, 0.2) is 41.5 Å². The van der Waals surface area contributed by atoms with Crippen LogP contribution >= 0.6 is 0 Å². The summed E-state index contributed by atoms with van der Waals surface area (Å²) in [7, 11) is 5.80. The van der Waals surface area contributed by atoms with Gasteiger partial charge in [0.25, 0.3) is 0 Å². The molecule has 0 unspecified atom stereocenters. The number of aliphatic hydroxyl groups excluding tert-OH is 1. The number of aromatic hydroxyl groups is 4. The van der Waals surface area contributed by atoms with Crippen LogP contribution in [0.25, 0.3) is 0 Å². The lowest BCUT2D eigenvalue weighted by molar-refractivity contribution is -0.256. The number of hydrogen-bond donors (Lipinski definition) is 8. The minimum atomic E-state index is -2.06. The molecule has 16 atom stereocenters. The Hall–Kier alpha value is -7.43. The summed E-state index contributed by atoms with van der Waals surface area (Å²) in [5, 5.41) is 84.8.